The summed E-state index contributed by atoms with van der Waals surface area (Å²) in [5.41, 5.74) is -0.326. The molecule has 0 aromatic carbocycles. The van der Waals surface area contributed by atoms with Crippen molar-refractivity contribution in [1.29, 1.82) is 0 Å². The van der Waals surface area contributed by atoms with E-state index in [9.17, 15) is 22.8 Å². The number of ether oxygens (including phenoxy) is 3. The normalized spacial score (nSPS) is 16.0. The number of likely N-dealkylation sites (tertiary alicyclic amines) is 1. The summed E-state index contributed by atoms with van der Waals surface area (Å²) < 4.78 is 54.7. The van der Waals surface area contributed by atoms with Crippen LogP contribution in [0.5, 0.6) is 5.88 Å². The van der Waals surface area contributed by atoms with Gasteiger partial charge in [-0.05, 0) is 51.3 Å². The molecule has 1 saturated heterocycles. The zero-order valence-corrected chi connectivity index (χ0v) is 21.2. The van der Waals surface area contributed by atoms with Gasteiger partial charge in [0.1, 0.15) is 23.9 Å². The second kappa shape index (κ2) is 11.8. The van der Waals surface area contributed by atoms with Gasteiger partial charge < -0.3 is 19.5 Å². The Kier molecular flexibility index (Phi) is 8.95. The van der Waals surface area contributed by atoms with Gasteiger partial charge in [-0.2, -0.15) is 13.2 Å². The van der Waals surface area contributed by atoms with Gasteiger partial charge in [0.2, 0.25) is 11.8 Å². The second-order valence-corrected chi connectivity index (χ2v) is 9.51. The molecule has 0 bridgehead atoms. The van der Waals surface area contributed by atoms with Crippen molar-refractivity contribution in [2.75, 3.05) is 26.9 Å². The lowest BCUT2D eigenvalue weighted by Gasteiger charge is -2.28. The average Bonchev–Trinajstić information content (AvgIpc) is 3.32. The quantitative estimate of drug-likeness (QED) is 0.516. The van der Waals surface area contributed by atoms with E-state index < -0.39 is 29.6 Å². The van der Waals surface area contributed by atoms with Crippen LogP contribution in [0.25, 0.3) is 11.1 Å². The van der Waals surface area contributed by atoms with E-state index in [-0.39, 0.29) is 24.9 Å². The molecule has 9 nitrogen and oxygen atoms in total. The number of methoxy groups -OCH3 is 1. The van der Waals surface area contributed by atoms with E-state index in [1.165, 1.54) is 18.1 Å². The molecular formula is C25H31F3N4O5. The molecule has 1 unspecified atom stereocenters. The number of alkyl halides is 3. The number of carbonyl (C=O) groups is 2. The molecule has 3 rings (SSSR count). The SMILES string of the molecule is COCCOc1cc(-c2ccc(C(F)(F)F)nc2)cc(CNC(=O)C2CCCN2C(=O)OC(C)(C)C)n1. The Morgan fingerprint density at radius 2 is 1.89 bits per heavy atom. The summed E-state index contributed by atoms with van der Waals surface area (Å²) in [4.78, 5) is 34.8. The van der Waals surface area contributed by atoms with E-state index >= 15 is 0 Å². The first-order valence-electron chi connectivity index (χ1n) is 11.8. The number of carbonyl (C=O) groups excluding carboxylic acids is 2. The van der Waals surface area contributed by atoms with Crippen LogP contribution in [-0.4, -0.2) is 65.4 Å². The van der Waals surface area contributed by atoms with E-state index in [0.717, 1.165) is 12.3 Å². The van der Waals surface area contributed by atoms with Crippen LogP contribution < -0.4 is 10.1 Å². The maximum absolute atomic E-state index is 12.9. The predicted molar refractivity (Wildman–Crippen MR) is 128 cm³/mol. The summed E-state index contributed by atoms with van der Waals surface area (Å²) in [5, 5.41) is 2.80. The number of halogens is 3. The Balaban J connectivity index is 1.76. The molecule has 202 valence electrons. The van der Waals surface area contributed by atoms with Gasteiger partial charge in [0.15, 0.2) is 0 Å². The molecule has 2 aromatic heterocycles. The number of hydrogen-bond donors (Lipinski definition) is 1. The lowest BCUT2D eigenvalue weighted by atomic mass is 10.1. The fourth-order valence-corrected chi connectivity index (χ4v) is 3.73. The van der Waals surface area contributed by atoms with Crippen LogP contribution in [0.3, 0.4) is 0 Å². The molecule has 2 aromatic rings. The molecule has 1 aliphatic heterocycles. The number of amides is 2. The van der Waals surface area contributed by atoms with Gasteiger partial charge in [0.05, 0.1) is 18.8 Å². The lowest BCUT2D eigenvalue weighted by Crippen LogP contribution is -2.47. The van der Waals surface area contributed by atoms with Crippen molar-refractivity contribution in [2.45, 2.75) is 58.0 Å². The van der Waals surface area contributed by atoms with E-state index in [2.05, 4.69) is 15.3 Å². The Hall–Kier alpha value is -3.41. The fraction of sp³-hybridized carbons (Fsp3) is 0.520. The molecule has 0 spiro atoms. The summed E-state index contributed by atoms with van der Waals surface area (Å²) in [6.45, 7) is 6.21. The molecule has 0 radical (unpaired) electrons. The average molecular weight is 525 g/mol. The van der Waals surface area contributed by atoms with Crippen LogP contribution in [0.4, 0.5) is 18.0 Å². The number of rotatable bonds is 8. The van der Waals surface area contributed by atoms with Crippen LogP contribution in [-0.2, 0) is 27.0 Å². The molecule has 1 fully saturated rings. The van der Waals surface area contributed by atoms with E-state index in [4.69, 9.17) is 14.2 Å². The third kappa shape index (κ3) is 8.04. The molecule has 3 heterocycles. The van der Waals surface area contributed by atoms with E-state index in [0.29, 0.717) is 42.8 Å². The van der Waals surface area contributed by atoms with Crippen molar-refractivity contribution < 1.29 is 37.0 Å². The molecule has 37 heavy (non-hydrogen) atoms. The number of nitrogens with one attached hydrogen (secondary N) is 1. The Morgan fingerprint density at radius 3 is 2.51 bits per heavy atom. The maximum atomic E-state index is 12.9. The van der Waals surface area contributed by atoms with Gasteiger partial charge in [0.25, 0.3) is 0 Å². The summed E-state index contributed by atoms with van der Waals surface area (Å²) in [6.07, 6.45) is -2.80. The zero-order chi connectivity index (χ0) is 27.2. The van der Waals surface area contributed by atoms with Crippen LogP contribution in [0.1, 0.15) is 45.0 Å². The number of nitrogens with zero attached hydrogens (tertiary/aromatic N) is 3. The first-order chi connectivity index (χ1) is 17.4. The van der Waals surface area contributed by atoms with Crippen LogP contribution in [0, 0.1) is 0 Å². The van der Waals surface area contributed by atoms with E-state index in [1.54, 1.807) is 32.9 Å². The minimum absolute atomic E-state index is 0.0139. The topological polar surface area (TPSA) is 103 Å². The highest BCUT2D eigenvalue weighted by Gasteiger charge is 2.36. The summed E-state index contributed by atoms with van der Waals surface area (Å²) in [7, 11) is 1.52. The third-order valence-corrected chi connectivity index (χ3v) is 5.41. The van der Waals surface area contributed by atoms with Crippen molar-refractivity contribution in [3.8, 4) is 17.0 Å². The number of pyridine rings is 2. The van der Waals surface area contributed by atoms with Gasteiger partial charge in [-0.3, -0.25) is 14.7 Å². The number of hydrogen-bond acceptors (Lipinski definition) is 7. The summed E-state index contributed by atoms with van der Waals surface area (Å²) in [6, 6.07) is 4.74. The second-order valence-electron chi connectivity index (χ2n) is 9.51. The van der Waals surface area contributed by atoms with Crippen molar-refractivity contribution in [2.24, 2.45) is 0 Å². The van der Waals surface area contributed by atoms with Gasteiger partial charge in [-0.25, -0.2) is 9.78 Å². The van der Waals surface area contributed by atoms with Crippen LogP contribution in [0.15, 0.2) is 30.5 Å². The minimum atomic E-state index is -4.55. The summed E-state index contributed by atoms with van der Waals surface area (Å²) >= 11 is 0. The highest BCUT2D eigenvalue weighted by atomic mass is 19.4. The van der Waals surface area contributed by atoms with Gasteiger partial charge in [-0.1, -0.05) is 6.07 Å². The minimum Gasteiger partial charge on any atom is -0.475 e. The third-order valence-electron chi connectivity index (χ3n) is 5.41. The first kappa shape index (κ1) is 28.2. The largest absolute Gasteiger partial charge is 0.475 e. The van der Waals surface area contributed by atoms with Crippen molar-refractivity contribution in [1.82, 2.24) is 20.2 Å². The van der Waals surface area contributed by atoms with Crippen molar-refractivity contribution in [3.05, 3.63) is 41.9 Å². The van der Waals surface area contributed by atoms with Gasteiger partial charge in [0, 0.05) is 31.5 Å². The van der Waals surface area contributed by atoms with Crippen LogP contribution in [0.2, 0.25) is 0 Å². The Labute approximate surface area is 213 Å². The summed E-state index contributed by atoms with van der Waals surface area (Å²) in [5.74, 6) is -0.136. The van der Waals surface area contributed by atoms with Gasteiger partial charge >= 0.3 is 12.3 Å². The highest BCUT2D eigenvalue weighted by molar-refractivity contribution is 5.86. The molecular weight excluding hydrogens is 493 g/mol. The molecule has 1 atom stereocenters. The smallest absolute Gasteiger partial charge is 0.433 e. The Bertz CT molecular complexity index is 1090. The predicted octanol–water partition coefficient (Wildman–Crippen LogP) is 4.20. The highest BCUT2D eigenvalue weighted by Crippen LogP contribution is 2.30. The maximum Gasteiger partial charge on any atom is 0.433 e. The first-order valence-corrected chi connectivity index (χ1v) is 11.8. The standard InChI is InChI=1S/C25H31F3N4O5/c1-24(2,3)37-23(34)32-9-5-6-19(32)22(33)30-15-18-12-17(13-21(31-18)36-11-10-35-4)16-7-8-20(29-14-16)25(26,27)28/h7-8,12-14,19H,5-6,9-11,15H2,1-4H3,(H,30,33). The van der Waals surface area contributed by atoms with E-state index in [1.807, 2.05) is 0 Å². The van der Waals surface area contributed by atoms with Crippen molar-refractivity contribution >= 4 is 12.0 Å². The van der Waals surface area contributed by atoms with Crippen LogP contribution >= 0.6 is 0 Å². The molecule has 0 saturated carbocycles. The monoisotopic (exact) mass is 524 g/mol. The molecule has 12 heteroatoms. The zero-order valence-electron chi connectivity index (χ0n) is 21.2. The molecule has 0 aliphatic carbocycles. The fourth-order valence-electron chi connectivity index (χ4n) is 3.73. The molecule has 1 N–H and O–H groups in total. The van der Waals surface area contributed by atoms with Gasteiger partial charge in [-0.15, -0.1) is 0 Å². The Morgan fingerprint density at radius 1 is 1.14 bits per heavy atom. The lowest BCUT2D eigenvalue weighted by molar-refractivity contribution is -0.141. The van der Waals surface area contributed by atoms with Crippen molar-refractivity contribution in [3.63, 3.8) is 0 Å². The molecule has 2 amide bonds. The number of aromatic nitrogens is 2. The molecule has 1 aliphatic rings.